The second-order valence-corrected chi connectivity index (χ2v) is 8.27. The van der Waals surface area contributed by atoms with Crippen LogP contribution < -0.4 is 5.32 Å². The number of piperidine rings is 1. The van der Waals surface area contributed by atoms with E-state index in [0.717, 1.165) is 32.1 Å². The molecule has 0 bridgehead atoms. The molecule has 1 saturated heterocycles. The second-order valence-electron chi connectivity index (χ2n) is 8.27. The number of esters is 1. The van der Waals surface area contributed by atoms with Crippen molar-refractivity contribution in [2.24, 2.45) is 5.92 Å². The molecule has 6 heteroatoms. The van der Waals surface area contributed by atoms with Crippen LogP contribution in [0.2, 0.25) is 0 Å². The average Bonchev–Trinajstić information content (AvgIpc) is 2.85. The maximum atomic E-state index is 12.9. The lowest BCUT2D eigenvalue weighted by Crippen LogP contribution is -2.39. The van der Waals surface area contributed by atoms with Crippen LogP contribution in [-0.2, 0) is 16.0 Å². The molecule has 1 heterocycles. The van der Waals surface area contributed by atoms with E-state index in [1.165, 1.54) is 11.8 Å². The molecule has 1 amide bonds. The highest BCUT2D eigenvalue weighted by molar-refractivity contribution is 5.99. The van der Waals surface area contributed by atoms with E-state index in [9.17, 15) is 14.9 Å². The molecule has 0 saturated carbocycles. The minimum absolute atomic E-state index is 0.0191. The smallest absolute Gasteiger partial charge is 0.340 e. The zero-order chi connectivity index (χ0) is 23.5. The SMILES string of the molecule is CCCCOC(=O)c1ccccc1N/C=C(/C#N)C(=O)N1CCC(Cc2ccccc2)CC1. The standard InChI is InChI=1S/C27H31N3O3/c1-2-3-17-33-27(32)24-11-7-8-12-25(24)29-20-23(19-28)26(31)30-15-13-22(14-16-30)18-21-9-5-4-6-10-21/h4-12,20,22,29H,2-3,13-18H2,1H3/b23-20-. The van der Waals surface area contributed by atoms with Crippen molar-refractivity contribution in [1.29, 1.82) is 5.26 Å². The first-order chi connectivity index (χ1) is 16.1. The van der Waals surface area contributed by atoms with Crippen molar-refractivity contribution in [2.75, 3.05) is 25.0 Å². The number of para-hydroxylation sites is 1. The van der Waals surface area contributed by atoms with Crippen LogP contribution in [0.1, 0.15) is 48.5 Å². The highest BCUT2D eigenvalue weighted by atomic mass is 16.5. The summed E-state index contributed by atoms with van der Waals surface area (Å²) in [6.07, 6.45) is 5.97. The van der Waals surface area contributed by atoms with Crippen LogP contribution in [-0.4, -0.2) is 36.5 Å². The number of likely N-dealkylation sites (tertiary alicyclic amines) is 1. The summed E-state index contributed by atoms with van der Waals surface area (Å²) in [5.74, 6) is -0.175. The molecule has 2 aromatic rings. The molecule has 33 heavy (non-hydrogen) atoms. The van der Waals surface area contributed by atoms with Gasteiger partial charge in [-0.3, -0.25) is 4.79 Å². The predicted molar refractivity (Wildman–Crippen MR) is 128 cm³/mol. The van der Waals surface area contributed by atoms with Crippen LogP contribution in [0.5, 0.6) is 0 Å². The maximum absolute atomic E-state index is 12.9. The van der Waals surface area contributed by atoms with Gasteiger partial charge in [-0.15, -0.1) is 0 Å². The van der Waals surface area contributed by atoms with Gasteiger partial charge in [0.2, 0.25) is 0 Å². The summed E-state index contributed by atoms with van der Waals surface area (Å²) >= 11 is 0. The molecule has 1 aliphatic heterocycles. The number of anilines is 1. The number of carbonyl (C=O) groups excluding carboxylic acids is 2. The largest absolute Gasteiger partial charge is 0.462 e. The molecule has 0 atom stereocenters. The Bertz CT molecular complexity index is 1000. The number of ether oxygens (including phenoxy) is 1. The van der Waals surface area contributed by atoms with Gasteiger partial charge < -0.3 is 15.0 Å². The number of hydrogen-bond donors (Lipinski definition) is 1. The highest BCUT2D eigenvalue weighted by Crippen LogP contribution is 2.23. The molecule has 2 aromatic carbocycles. The molecule has 0 aliphatic carbocycles. The van der Waals surface area contributed by atoms with Crippen LogP contribution >= 0.6 is 0 Å². The topological polar surface area (TPSA) is 82.4 Å². The van der Waals surface area contributed by atoms with Crippen LogP contribution in [0.25, 0.3) is 0 Å². The summed E-state index contributed by atoms with van der Waals surface area (Å²) in [4.78, 5) is 27.0. The molecule has 0 unspecified atom stereocenters. The lowest BCUT2D eigenvalue weighted by molar-refractivity contribution is -0.128. The number of benzene rings is 2. The lowest BCUT2D eigenvalue weighted by atomic mass is 9.90. The van der Waals surface area contributed by atoms with Crippen molar-refractivity contribution in [3.63, 3.8) is 0 Å². The summed E-state index contributed by atoms with van der Waals surface area (Å²) in [5.41, 5.74) is 2.21. The van der Waals surface area contributed by atoms with Gasteiger partial charge in [0.1, 0.15) is 11.6 Å². The number of nitrogens with zero attached hydrogens (tertiary/aromatic N) is 2. The van der Waals surface area contributed by atoms with E-state index in [-0.39, 0.29) is 11.5 Å². The molecule has 6 nitrogen and oxygen atoms in total. The molecule has 0 spiro atoms. The van der Waals surface area contributed by atoms with E-state index >= 15 is 0 Å². The van der Waals surface area contributed by atoms with Crippen LogP contribution in [0.15, 0.2) is 66.4 Å². The zero-order valence-electron chi connectivity index (χ0n) is 19.1. The van der Waals surface area contributed by atoms with Gasteiger partial charge in [-0.2, -0.15) is 5.26 Å². The van der Waals surface area contributed by atoms with E-state index in [0.29, 0.717) is 36.9 Å². The average molecular weight is 446 g/mol. The number of carbonyl (C=O) groups is 2. The van der Waals surface area contributed by atoms with E-state index in [4.69, 9.17) is 4.74 Å². The number of hydrogen-bond acceptors (Lipinski definition) is 5. The van der Waals surface area contributed by atoms with Gasteiger partial charge in [0.25, 0.3) is 5.91 Å². The monoisotopic (exact) mass is 445 g/mol. The summed E-state index contributed by atoms with van der Waals surface area (Å²) in [6.45, 7) is 3.66. The predicted octanol–water partition coefficient (Wildman–Crippen LogP) is 4.94. The third kappa shape index (κ3) is 6.95. The number of amides is 1. The van der Waals surface area contributed by atoms with Gasteiger partial charge in [-0.05, 0) is 49.3 Å². The Labute approximate surface area is 195 Å². The molecule has 1 fully saturated rings. The number of nitrogens with one attached hydrogen (secondary N) is 1. The normalized spacial score (nSPS) is 14.4. The van der Waals surface area contributed by atoms with Gasteiger partial charge in [0.15, 0.2) is 0 Å². The molecule has 0 aromatic heterocycles. The highest BCUT2D eigenvalue weighted by Gasteiger charge is 2.25. The fraction of sp³-hybridized carbons (Fsp3) is 0.370. The van der Waals surface area contributed by atoms with Crippen LogP contribution in [0.4, 0.5) is 5.69 Å². The van der Waals surface area contributed by atoms with Crippen molar-refractivity contribution in [3.8, 4) is 6.07 Å². The number of rotatable bonds is 9. The van der Waals surface area contributed by atoms with Crippen molar-refractivity contribution < 1.29 is 14.3 Å². The van der Waals surface area contributed by atoms with Crippen LogP contribution in [0.3, 0.4) is 0 Å². The third-order valence-electron chi connectivity index (χ3n) is 5.87. The summed E-state index contributed by atoms with van der Waals surface area (Å²) in [5, 5.41) is 12.5. The molecular weight excluding hydrogens is 414 g/mol. The first-order valence-corrected chi connectivity index (χ1v) is 11.6. The van der Waals surface area contributed by atoms with Crippen LogP contribution in [0, 0.1) is 17.2 Å². The fourth-order valence-electron chi connectivity index (χ4n) is 3.92. The van der Waals surface area contributed by atoms with E-state index < -0.39 is 5.97 Å². The fourth-order valence-corrected chi connectivity index (χ4v) is 3.92. The molecule has 1 N–H and O–H groups in total. The quantitative estimate of drug-likeness (QED) is 0.256. The maximum Gasteiger partial charge on any atom is 0.340 e. The van der Waals surface area contributed by atoms with Gasteiger partial charge in [0, 0.05) is 19.3 Å². The summed E-state index contributed by atoms with van der Waals surface area (Å²) in [7, 11) is 0. The summed E-state index contributed by atoms with van der Waals surface area (Å²) < 4.78 is 5.30. The first-order valence-electron chi connectivity index (χ1n) is 11.6. The van der Waals surface area contributed by atoms with Gasteiger partial charge in [-0.25, -0.2) is 4.79 Å². The van der Waals surface area contributed by atoms with Gasteiger partial charge >= 0.3 is 5.97 Å². The molecule has 1 aliphatic rings. The minimum atomic E-state index is -0.426. The lowest BCUT2D eigenvalue weighted by Gasteiger charge is -2.32. The summed E-state index contributed by atoms with van der Waals surface area (Å²) in [6, 6.07) is 19.3. The number of unbranched alkanes of at least 4 members (excludes halogenated alkanes) is 1. The third-order valence-corrected chi connectivity index (χ3v) is 5.87. The van der Waals surface area contributed by atoms with Crippen molar-refractivity contribution in [3.05, 3.63) is 77.5 Å². The Morgan fingerprint density at radius 2 is 1.82 bits per heavy atom. The van der Waals surface area contributed by atoms with Gasteiger partial charge in [0.05, 0.1) is 17.9 Å². The molecule has 3 rings (SSSR count). The van der Waals surface area contributed by atoms with Gasteiger partial charge in [-0.1, -0.05) is 55.8 Å². The molecular formula is C27H31N3O3. The Morgan fingerprint density at radius 1 is 1.12 bits per heavy atom. The molecule has 0 radical (unpaired) electrons. The van der Waals surface area contributed by atoms with E-state index in [1.54, 1.807) is 29.2 Å². The number of nitriles is 1. The van der Waals surface area contributed by atoms with Crippen molar-refractivity contribution in [2.45, 2.75) is 39.0 Å². The zero-order valence-corrected chi connectivity index (χ0v) is 19.1. The van der Waals surface area contributed by atoms with E-state index in [2.05, 4.69) is 17.4 Å². The Hall–Kier alpha value is -3.59. The second kappa shape index (κ2) is 12.4. The first kappa shape index (κ1) is 24.1. The van der Waals surface area contributed by atoms with E-state index in [1.807, 2.05) is 31.2 Å². The Kier molecular flexibility index (Phi) is 9.08. The van der Waals surface area contributed by atoms with Crippen molar-refractivity contribution in [1.82, 2.24) is 4.90 Å². The Balaban J connectivity index is 1.58. The Morgan fingerprint density at radius 3 is 2.52 bits per heavy atom. The minimum Gasteiger partial charge on any atom is -0.462 e. The molecule has 172 valence electrons. The van der Waals surface area contributed by atoms with Crippen molar-refractivity contribution >= 4 is 17.6 Å².